The Morgan fingerprint density at radius 2 is 2.05 bits per heavy atom. The molecular formula is C14H18FN3O2. The van der Waals surface area contributed by atoms with Gasteiger partial charge in [0, 0.05) is 30.9 Å². The number of rotatable bonds is 3. The second-order valence-corrected chi connectivity index (χ2v) is 4.95. The zero-order valence-electron chi connectivity index (χ0n) is 11.4. The predicted molar refractivity (Wildman–Crippen MR) is 71.6 cm³/mol. The van der Waals surface area contributed by atoms with Crippen molar-refractivity contribution in [2.75, 3.05) is 13.1 Å². The molecule has 0 bridgehead atoms. The van der Waals surface area contributed by atoms with Crippen LogP contribution in [0.25, 0.3) is 0 Å². The van der Waals surface area contributed by atoms with Gasteiger partial charge in [-0.3, -0.25) is 9.59 Å². The average molecular weight is 279 g/mol. The zero-order chi connectivity index (χ0) is 14.5. The minimum atomic E-state index is -0.715. The van der Waals surface area contributed by atoms with Crippen molar-refractivity contribution in [2.24, 2.45) is 0 Å². The number of likely N-dealkylation sites (tertiary alicyclic amines) is 1. The first-order chi connectivity index (χ1) is 9.58. The summed E-state index contributed by atoms with van der Waals surface area (Å²) in [5.74, 6) is -1.27. The highest BCUT2D eigenvalue weighted by Gasteiger charge is 2.23. The minimum Gasteiger partial charge on any atom is -0.341 e. The summed E-state index contributed by atoms with van der Waals surface area (Å²) in [6.07, 6.45) is 4.37. The number of pyridine rings is 1. The van der Waals surface area contributed by atoms with E-state index in [1.807, 2.05) is 0 Å². The summed E-state index contributed by atoms with van der Waals surface area (Å²) in [6, 6.07) is 1.85. The molecule has 2 heterocycles. The lowest BCUT2D eigenvalue weighted by molar-refractivity contribution is -0.133. The van der Waals surface area contributed by atoms with Crippen LogP contribution in [0.5, 0.6) is 0 Å². The zero-order valence-corrected chi connectivity index (χ0v) is 11.4. The number of hydrogen-bond acceptors (Lipinski definition) is 3. The van der Waals surface area contributed by atoms with Crippen LogP contribution in [0, 0.1) is 5.95 Å². The molecule has 108 valence electrons. The molecule has 1 aromatic heterocycles. The van der Waals surface area contributed by atoms with Crippen LogP contribution in [0.4, 0.5) is 4.39 Å². The van der Waals surface area contributed by atoms with E-state index in [1.165, 1.54) is 12.3 Å². The number of amides is 2. The topological polar surface area (TPSA) is 62.3 Å². The third-order valence-electron chi connectivity index (χ3n) is 3.37. The summed E-state index contributed by atoms with van der Waals surface area (Å²) in [6.45, 7) is 3.12. The van der Waals surface area contributed by atoms with E-state index in [0.29, 0.717) is 0 Å². The summed E-state index contributed by atoms with van der Waals surface area (Å²) in [5, 5.41) is 2.60. The van der Waals surface area contributed by atoms with Crippen molar-refractivity contribution in [3.63, 3.8) is 0 Å². The van der Waals surface area contributed by atoms with E-state index in [0.717, 1.165) is 38.4 Å². The monoisotopic (exact) mass is 279 g/mol. The molecule has 1 N–H and O–H groups in total. The van der Waals surface area contributed by atoms with Gasteiger partial charge in [-0.15, -0.1) is 0 Å². The molecule has 20 heavy (non-hydrogen) atoms. The van der Waals surface area contributed by atoms with E-state index in [4.69, 9.17) is 0 Å². The maximum atomic E-state index is 12.9. The third kappa shape index (κ3) is 3.53. The maximum absolute atomic E-state index is 12.9. The first-order valence-corrected chi connectivity index (χ1v) is 6.79. The number of aromatic nitrogens is 1. The van der Waals surface area contributed by atoms with E-state index in [1.54, 1.807) is 11.8 Å². The lowest BCUT2D eigenvalue weighted by Crippen LogP contribution is -2.48. The van der Waals surface area contributed by atoms with Crippen LogP contribution < -0.4 is 5.32 Å². The Labute approximate surface area is 117 Å². The molecule has 2 rings (SSSR count). The fraction of sp³-hybridized carbons (Fsp3) is 0.500. The molecule has 1 atom stereocenters. The van der Waals surface area contributed by atoms with Gasteiger partial charge in [0.2, 0.25) is 11.9 Å². The second-order valence-electron chi connectivity index (χ2n) is 4.95. The molecule has 6 heteroatoms. The summed E-state index contributed by atoms with van der Waals surface area (Å²) in [4.78, 5) is 29.2. The Morgan fingerprint density at radius 1 is 1.35 bits per heavy atom. The third-order valence-corrected chi connectivity index (χ3v) is 3.37. The van der Waals surface area contributed by atoms with E-state index in [-0.39, 0.29) is 11.5 Å². The van der Waals surface area contributed by atoms with E-state index >= 15 is 0 Å². The van der Waals surface area contributed by atoms with Gasteiger partial charge in [0.15, 0.2) is 0 Å². The Bertz CT molecular complexity index is 501. The minimum absolute atomic E-state index is 0.0902. The Balaban J connectivity index is 1.94. The standard InChI is InChI=1S/C14H18FN3O2/c1-10(14(20)18-7-3-2-4-8-18)17-13(19)11-5-6-16-12(15)9-11/h5-6,9-10H,2-4,7-8H2,1H3,(H,17,19). The molecule has 1 unspecified atom stereocenters. The van der Waals surface area contributed by atoms with Gasteiger partial charge in [0.25, 0.3) is 5.91 Å². The highest BCUT2D eigenvalue weighted by Crippen LogP contribution is 2.10. The van der Waals surface area contributed by atoms with Gasteiger partial charge in [-0.25, -0.2) is 4.98 Å². The first-order valence-electron chi connectivity index (χ1n) is 6.79. The fourth-order valence-corrected chi connectivity index (χ4v) is 2.27. The summed E-state index contributed by atoms with van der Waals surface area (Å²) in [7, 11) is 0. The number of hydrogen-bond donors (Lipinski definition) is 1. The predicted octanol–water partition coefficient (Wildman–Crippen LogP) is 1.35. The summed E-state index contributed by atoms with van der Waals surface area (Å²) in [5.41, 5.74) is 0.163. The Hall–Kier alpha value is -1.98. The molecule has 0 aromatic carbocycles. The van der Waals surface area contributed by atoms with Crippen LogP contribution in [0.3, 0.4) is 0 Å². The number of carbonyl (C=O) groups is 2. The molecule has 1 aliphatic rings. The molecule has 0 radical (unpaired) electrons. The Morgan fingerprint density at radius 3 is 2.70 bits per heavy atom. The number of nitrogens with one attached hydrogen (secondary N) is 1. The highest BCUT2D eigenvalue weighted by atomic mass is 19.1. The highest BCUT2D eigenvalue weighted by molar-refractivity contribution is 5.97. The van der Waals surface area contributed by atoms with Crippen LogP contribution in [0.15, 0.2) is 18.3 Å². The molecule has 0 aliphatic carbocycles. The largest absolute Gasteiger partial charge is 0.341 e. The molecule has 1 saturated heterocycles. The molecule has 0 spiro atoms. The fourth-order valence-electron chi connectivity index (χ4n) is 2.27. The van der Waals surface area contributed by atoms with Crippen molar-refractivity contribution >= 4 is 11.8 Å². The first kappa shape index (κ1) is 14.4. The van der Waals surface area contributed by atoms with Crippen LogP contribution >= 0.6 is 0 Å². The van der Waals surface area contributed by atoms with Crippen molar-refractivity contribution in [3.8, 4) is 0 Å². The molecule has 5 nitrogen and oxygen atoms in total. The molecule has 1 aliphatic heterocycles. The summed E-state index contributed by atoms with van der Waals surface area (Å²) >= 11 is 0. The van der Waals surface area contributed by atoms with Crippen molar-refractivity contribution < 1.29 is 14.0 Å². The van der Waals surface area contributed by atoms with Gasteiger partial charge < -0.3 is 10.2 Å². The quantitative estimate of drug-likeness (QED) is 0.850. The summed E-state index contributed by atoms with van der Waals surface area (Å²) < 4.78 is 12.9. The van der Waals surface area contributed by atoms with E-state index in [9.17, 15) is 14.0 Å². The lowest BCUT2D eigenvalue weighted by Gasteiger charge is -2.29. The van der Waals surface area contributed by atoms with Gasteiger partial charge in [0.05, 0.1) is 0 Å². The van der Waals surface area contributed by atoms with E-state index < -0.39 is 17.9 Å². The van der Waals surface area contributed by atoms with E-state index in [2.05, 4.69) is 10.3 Å². The van der Waals surface area contributed by atoms with Crippen molar-refractivity contribution in [1.82, 2.24) is 15.2 Å². The molecule has 2 amide bonds. The van der Waals surface area contributed by atoms with Gasteiger partial charge >= 0.3 is 0 Å². The van der Waals surface area contributed by atoms with Crippen molar-refractivity contribution in [3.05, 3.63) is 29.8 Å². The Kier molecular flexibility index (Phi) is 4.65. The number of piperidine rings is 1. The average Bonchev–Trinajstić information content (AvgIpc) is 2.47. The van der Waals surface area contributed by atoms with Gasteiger partial charge in [-0.05, 0) is 32.3 Å². The SMILES string of the molecule is CC(NC(=O)c1ccnc(F)c1)C(=O)N1CCCCC1. The molecule has 1 aromatic rings. The smallest absolute Gasteiger partial charge is 0.252 e. The normalized spacial score (nSPS) is 16.6. The molecular weight excluding hydrogens is 261 g/mol. The maximum Gasteiger partial charge on any atom is 0.252 e. The number of carbonyl (C=O) groups excluding carboxylic acids is 2. The van der Waals surface area contributed by atoms with Crippen LogP contribution in [-0.4, -0.2) is 40.8 Å². The van der Waals surface area contributed by atoms with Crippen LogP contribution in [-0.2, 0) is 4.79 Å². The molecule has 0 saturated carbocycles. The number of halogens is 1. The second kappa shape index (κ2) is 6.45. The number of nitrogens with zero attached hydrogens (tertiary/aromatic N) is 2. The van der Waals surface area contributed by atoms with Gasteiger partial charge in [0.1, 0.15) is 6.04 Å². The van der Waals surface area contributed by atoms with Crippen LogP contribution in [0.1, 0.15) is 36.5 Å². The molecule has 1 fully saturated rings. The lowest BCUT2D eigenvalue weighted by atomic mass is 10.1. The van der Waals surface area contributed by atoms with Crippen molar-refractivity contribution in [1.29, 1.82) is 0 Å². The van der Waals surface area contributed by atoms with Gasteiger partial charge in [-0.1, -0.05) is 0 Å². The van der Waals surface area contributed by atoms with Crippen LogP contribution in [0.2, 0.25) is 0 Å². The van der Waals surface area contributed by atoms with Gasteiger partial charge in [-0.2, -0.15) is 4.39 Å². The van der Waals surface area contributed by atoms with Crippen molar-refractivity contribution in [2.45, 2.75) is 32.2 Å².